The fourth-order valence-electron chi connectivity index (χ4n) is 2.61. The van der Waals surface area contributed by atoms with Gasteiger partial charge in [0.05, 0.1) is 5.69 Å². The van der Waals surface area contributed by atoms with Gasteiger partial charge >= 0.3 is 5.97 Å². The van der Waals surface area contributed by atoms with Crippen molar-refractivity contribution in [3.05, 3.63) is 60.0 Å². The van der Waals surface area contributed by atoms with Crippen LogP contribution in [0, 0.1) is 0 Å². The lowest BCUT2D eigenvalue weighted by Crippen LogP contribution is -2.22. The summed E-state index contributed by atoms with van der Waals surface area (Å²) in [6.45, 7) is 1.93. The Morgan fingerprint density at radius 2 is 2.08 bits per heavy atom. The van der Waals surface area contributed by atoms with Crippen LogP contribution in [0.15, 0.2) is 48.8 Å². The standard InChI is InChI=1S/C18H18N4O3/c1-12(23)21(2)14-5-3-4-13(10-14)11-20-15-6-7-16-19-8-9-22(16)17(15)18(24)25/h3-10,20H,11H2,1-2H3,(H,24,25). The van der Waals surface area contributed by atoms with Crippen molar-refractivity contribution in [3.63, 3.8) is 0 Å². The zero-order chi connectivity index (χ0) is 18.0. The molecule has 2 N–H and O–H groups in total. The highest BCUT2D eigenvalue weighted by atomic mass is 16.4. The number of pyridine rings is 1. The van der Waals surface area contributed by atoms with Crippen LogP contribution in [0.4, 0.5) is 11.4 Å². The van der Waals surface area contributed by atoms with E-state index in [2.05, 4.69) is 10.3 Å². The van der Waals surface area contributed by atoms with E-state index in [9.17, 15) is 14.7 Å². The first-order valence-corrected chi connectivity index (χ1v) is 7.74. The van der Waals surface area contributed by atoms with Crippen LogP contribution in [-0.2, 0) is 11.3 Å². The highest BCUT2D eigenvalue weighted by Gasteiger charge is 2.15. The van der Waals surface area contributed by atoms with Crippen LogP contribution < -0.4 is 10.2 Å². The molecule has 3 aromatic rings. The average Bonchev–Trinajstić information content (AvgIpc) is 3.07. The van der Waals surface area contributed by atoms with Crippen molar-refractivity contribution >= 4 is 28.9 Å². The quantitative estimate of drug-likeness (QED) is 0.747. The third kappa shape index (κ3) is 3.30. The summed E-state index contributed by atoms with van der Waals surface area (Å²) in [5.74, 6) is -1.08. The van der Waals surface area contributed by atoms with Crippen LogP contribution in [0.1, 0.15) is 23.0 Å². The number of carbonyl (C=O) groups excluding carboxylic acids is 1. The van der Waals surface area contributed by atoms with Gasteiger partial charge in [-0.05, 0) is 29.8 Å². The first kappa shape index (κ1) is 16.5. The molecule has 0 saturated carbocycles. The summed E-state index contributed by atoms with van der Waals surface area (Å²) < 4.78 is 1.53. The lowest BCUT2D eigenvalue weighted by molar-refractivity contribution is -0.116. The predicted molar refractivity (Wildman–Crippen MR) is 95.0 cm³/mol. The van der Waals surface area contributed by atoms with E-state index in [4.69, 9.17) is 0 Å². The maximum atomic E-state index is 11.6. The van der Waals surface area contributed by atoms with Gasteiger partial charge in [-0.15, -0.1) is 0 Å². The molecule has 3 rings (SSSR count). The van der Waals surface area contributed by atoms with Gasteiger partial charge in [-0.25, -0.2) is 9.78 Å². The third-order valence-electron chi connectivity index (χ3n) is 4.02. The third-order valence-corrected chi connectivity index (χ3v) is 4.02. The van der Waals surface area contributed by atoms with E-state index in [-0.39, 0.29) is 11.6 Å². The normalized spacial score (nSPS) is 10.6. The Bertz CT molecular complexity index is 948. The van der Waals surface area contributed by atoms with E-state index in [0.717, 1.165) is 11.3 Å². The van der Waals surface area contributed by atoms with E-state index >= 15 is 0 Å². The maximum absolute atomic E-state index is 11.6. The monoisotopic (exact) mass is 338 g/mol. The molecule has 7 nitrogen and oxygen atoms in total. The van der Waals surface area contributed by atoms with Gasteiger partial charge in [0.25, 0.3) is 0 Å². The molecule has 0 saturated heterocycles. The maximum Gasteiger partial charge on any atom is 0.355 e. The van der Waals surface area contributed by atoms with E-state index in [0.29, 0.717) is 17.9 Å². The van der Waals surface area contributed by atoms with Gasteiger partial charge in [0.15, 0.2) is 5.69 Å². The van der Waals surface area contributed by atoms with Crippen LogP contribution in [0.5, 0.6) is 0 Å². The lowest BCUT2D eigenvalue weighted by Gasteiger charge is -2.16. The zero-order valence-corrected chi connectivity index (χ0v) is 13.9. The van der Waals surface area contributed by atoms with Crippen molar-refractivity contribution in [3.8, 4) is 0 Å². The Balaban J connectivity index is 1.86. The first-order valence-electron chi connectivity index (χ1n) is 7.74. The molecule has 1 aromatic carbocycles. The second-order valence-electron chi connectivity index (χ2n) is 5.66. The first-order chi connectivity index (χ1) is 12.0. The van der Waals surface area contributed by atoms with Gasteiger partial charge in [0.2, 0.25) is 5.91 Å². The van der Waals surface area contributed by atoms with E-state index in [1.807, 2.05) is 24.3 Å². The zero-order valence-electron chi connectivity index (χ0n) is 13.9. The van der Waals surface area contributed by atoms with Gasteiger partial charge in [-0.2, -0.15) is 0 Å². The number of aromatic carboxylic acids is 1. The van der Waals surface area contributed by atoms with Crippen molar-refractivity contribution in [2.45, 2.75) is 13.5 Å². The smallest absolute Gasteiger partial charge is 0.355 e. The highest BCUT2D eigenvalue weighted by molar-refractivity contribution is 5.93. The largest absolute Gasteiger partial charge is 0.476 e. The molecule has 1 amide bonds. The van der Waals surface area contributed by atoms with Crippen molar-refractivity contribution in [2.75, 3.05) is 17.3 Å². The van der Waals surface area contributed by atoms with Gasteiger partial charge in [0, 0.05) is 38.6 Å². The van der Waals surface area contributed by atoms with Crippen LogP contribution in [0.2, 0.25) is 0 Å². The summed E-state index contributed by atoms with van der Waals surface area (Å²) in [5.41, 5.74) is 2.94. The topological polar surface area (TPSA) is 86.9 Å². The van der Waals surface area contributed by atoms with Gasteiger partial charge in [-0.3, -0.25) is 9.20 Å². The van der Waals surface area contributed by atoms with Gasteiger partial charge in [-0.1, -0.05) is 12.1 Å². The number of imidazole rings is 1. The molecular formula is C18H18N4O3. The molecule has 128 valence electrons. The number of fused-ring (bicyclic) bond motifs is 1. The number of anilines is 2. The van der Waals surface area contributed by atoms with Crippen LogP contribution >= 0.6 is 0 Å². The van der Waals surface area contributed by atoms with Crippen molar-refractivity contribution in [2.24, 2.45) is 0 Å². The Hall–Kier alpha value is -3.35. The lowest BCUT2D eigenvalue weighted by atomic mass is 10.1. The molecule has 0 radical (unpaired) electrons. The van der Waals surface area contributed by atoms with Crippen LogP contribution in [0.25, 0.3) is 5.65 Å². The number of carboxylic acid groups (broad SMARTS) is 1. The van der Waals surface area contributed by atoms with E-state index in [1.165, 1.54) is 11.3 Å². The Kier molecular flexibility index (Phi) is 4.38. The number of aromatic nitrogens is 2. The summed E-state index contributed by atoms with van der Waals surface area (Å²) in [4.78, 5) is 28.8. The molecule has 0 bridgehead atoms. The molecule has 7 heteroatoms. The minimum Gasteiger partial charge on any atom is -0.476 e. The highest BCUT2D eigenvalue weighted by Crippen LogP contribution is 2.20. The number of carboxylic acids is 1. The fourth-order valence-corrected chi connectivity index (χ4v) is 2.61. The minimum atomic E-state index is -1.03. The molecule has 0 unspecified atom stereocenters. The fraction of sp³-hybridized carbons (Fsp3) is 0.167. The van der Waals surface area contributed by atoms with Crippen LogP contribution in [0.3, 0.4) is 0 Å². The molecule has 0 spiro atoms. The van der Waals surface area contributed by atoms with Gasteiger partial charge < -0.3 is 15.3 Å². The van der Waals surface area contributed by atoms with Crippen molar-refractivity contribution in [1.29, 1.82) is 0 Å². The molecule has 2 heterocycles. The summed E-state index contributed by atoms with van der Waals surface area (Å²) in [5, 5.41) is 12.7. The molecule has 0 aliphatic heterocycles. The molecule has 0 aliphatic carbocycles. The van der Waals surface area contributed by atoms with E-state index < -0.39 is 5.97 Å². The molecule has 25 heavy (non-hydrogen) atoms. The molecule has 2 aromatic heterocycles. The molecule has 0 fully saturated rings. The Morgan fingerprint density at radius 3 is 2.80 bits per heavy atom. The average molecular weight is 338 g/mol. The summed E-state index contributed by atoms with van der Waals surface area (Å²) in [6, 6.07) is 11.0. The minimum absolute atomic E-state index is 0.0520. The SMILES string of the molecule is CC(=O)N(C)c1cccc(CNc2ccc3nccn3c2C(=O)O)c1. The summed E-state index contributed by atoms with van der Waals surface area (Å²) >= 11 is 0. The van der Waals surface area contributed by atoms with E-state index in [1.54, 1.807) is 36.5 Å². The van der Waals surface area contributed by atoms with Crippen molar-refractivity contribution in [1.82, 2.24) is 9.38 Å². The molecule has 0 aliphatic rings. The van der Waals surface area contributed by atoms with Crippen LogP contribution in [-0.4, -0.2) is 33.4 Å². The summed E-state index contributed by atoms with van der Waals surface area (Å²) in [7, 11) is 1.71. The van der Waals surface area contributed by atoms with Gasteiger partial charge in [0.1, 0.15) is 5.65 Å². The number of nitrogens with one attached hydrogen (secondary N) is 1. The molecular weight excluding hydrogens is 320 g/mol. The summed E-state index contributed by atoms with van der Waals surface area (Å²) in [6.07, 6.45) is 3.18. The number of nitrogens with zero attached hydrogens (tertiary/aromatic N) is 3. The number of amides is 1. The second-order valence-corrected chi connectivity index (χ2v) is 5.66. The number of rotatable bonds is 5. The number of hydrogen-bond acceptors (Lipinski definition) is 4. The number of hydrogen-bond donors (Lipinski definition) is 2. The molecule has 0 atom stereocenters. The predicted octanol–water partition coefficient (Wildman–Crippen LogP) is 2.63. The number of benzene rings is 1. The Morgan fingerprint density at radius 1 is 1.28 bits per heavy atom. The number of carbonyl (C=O) groups is 2. The second kappa shape index (κ2) is 6.64. The van der Waals surface area contributed by atoms with Crippen molar-refractivity contribution < 1.29 is 14.7 Å². The Labute approximate surface area is 144 Å².